The summed E-state index contributed by atoms with van der Waals surface area (Å²) in [4.78, 5) is 17.9. The summed E-state index contributed by atoms with van der Waals surface area (Å²) in [5.74, 6) is 6.04. The van der Waals surface area contributed by atoms with Crippen molar-refractivity contribution in [3.05, 3.63) is 23.9 Å². The van der Waals surface area contributed by atoms with E-state index in [0.29, 0.717) is 37.8 Å². The summed E-state index contributed by atoms with van der Waals surface area (Å²) in [5.41, 5.74) is 5.89. The van der Waals surface area contributed by atoms with Gasteiger partial charge in [0.15, 0.2) is 0 Å². The highest BCUT2D eigenvalue weighted by Gasteiger charge is 2.16. The molecule has 3 N–H and O–H groups in total. The molecule has 0 unspecified atom stereocenters. The number of anilines is 1. The van der Waals surface area contributed by atoms with E-state index in [1.54, 1.807) is 23.1 Å². The molecule has 0 saturated carbocycles. The van der Waals surface area contributed by atoms with Gasteiger partial charge in [-0.25, -0.2) is 9.78 Å². The third-order valence-electron chi connectivity index (χ3n) is 2.60. The molecule has 2 rings (SSSR count). The number of rotatable bonds is 1. The maximum Gasteiger partial charge on any atom is 0.323 e. The predicted molar refractivity (Wildman–Crippen MR) is 71.6 cm³/mol. The molecule has 1 saturated heterocycles. The molecule has 0 atom stereocenters. The Morgan fingerprint density at radius 3 is 3.00 bits per heavy atom. The van der Waals surface area contributed by atoms with Gasteiger partial charge in [-0.3, -0.25) is 5.32 Å². The van der Waals surface area contributed by atoms with Crippen LogP contribution >= 0.6 is 0 Å². The standard InChI is InChI=1S/C13H16N4O2/c14-6-2-4-11-3-1-5-12(15-11)16-13(18)17-7-9-19-10-8-17/h1,3,5H,6-10,14H2,(H,15,16,18). The number of nitrogens with two attached hydrogens (primary N) is 1. The lowest BCUT2D eigenvalue weighted by Gasteiger charge is -2.26. The zero-order valence-corrected chi connectivity index (χ0v) is 10.6. The molecule has 19 heavy (non-hydrogen) atoms. The fraction of sp³-hybridized carbons (Fsp3) is 0.385. The van der Waals surface area contributed by atoms with Crippen LogP contribution in [0.25, 0.3) is 0 Å². The van der Waals surface area contributed by atoms with Crippen molar-refractivity contribution < 1.29 is 9.53 Å². The third kappa shape index (κ3) is 3.95. The Labute approximate surface area is 111 Å². The van der Waals surface area contributed by atoms with Crippen molar-refractivity contribution in [2.75, 3.05) is 38.2 Å². The molecule has 6 nitrogen and oxygen atoms in total. The average molecular weight is 260 g/mol. The molecule has 1 aromatic rings. The number of hydrogen-bond acceptors (Lipinski definition) is 4. The normalized spacial score (nSPS) is 14.5. The molecule has 1 fully saturated rings. The van der Waals surface area contributed by atoms with Gasteiger partial charge in [-0.15, -0.1) is 0 Å². The highest BCUT2D eigenvalue weighted by molar-refractivity contribution is 5.88. The van der Waals surface area contributed by atoms with Gasteiger partial charge in [-0.2, -0.15) is 0 Å². The number of carbonyl (C=O) groups is 1. The smallest absolute Gasteiger partial charge is 0.323 e. The number of nitrogens with zero attached hydrogens (tertiary/aromatic N) is 2. The number of pyridine rings is 1. The quantitative estimate of drug-likeness (QED) is 0.710. The van der Waals surface area contributed by atoms with Crippen LogP contribution in [0.3, 0.4) is 0 Å². The van der Waals surface area contributed by atoms with Crippen LogP contribution in [0.4, 0.5) is 10.6 Å². The molecular formula is C13H16N4O2. The van der Waals surface area contributed by atoms with E-state index in [2.05, 4.69) is 22.1 Å². The van der Waals surface area contributed by atoms with E-state index in [1.807, 2.05) is 0 Å². The molecule has 2 amide bonds. The van der Waals surface area contributed by atoms with Crippen molar-refractivity contribution in [1.29, 1.82) is 0 Å². The number of amides is 2. The monoisotopic (exact) mass is 260 g/mol. The number of hydrogen-bond donors (Lipinski definition) is 2. The summed E-state index contributed by atoms with van der Waals surface area (Å²) in [5, 5.41) is 2.75. The minimum absolute atomic E-state index is 0.167. The van der Waals surface area contributed by atoms with E-state index in [4.69, 9.17) is 10.5 Å². The van der Waals surface area contributed by atoms with Crippen LogP contribution in [0.1, 0.15) is 5.69 Å². The Morgan fingerprint density at radius 1 is 1.47 bits per heavy atom. The first-order chi connectivity index (χ1) is 9.29. The lowest BCUT2D eigenvalue weighted by atomic mass is 10.3. The minimum atomic E-state index is -0.167. The van der Waals surface area contributed by atoms with Crippen molar-refractivity contribution in [3.8, 4) is 11.8 Å². The van der Waals surface area contributed by atoms with Crippen LogP contribution in [0, 0.1) is 11.8 Å². The van der Waals surface area contributed by atoms with Crippen molar-refractivity contribution in [3.63, 3.8) is 0 Å². The SMILES string of the molecule is NCC#Cc1cccc(NC(=O)N2CCOCC2)n1. The van der Waals surface area contributed by atoms with Gasteiger partial charge in [-0.05, 0) is 18.1 Å². The van der Waals surface area contributed by atoms with Gasteiger partial charge in [0.2, 0.25) is 0 Å². The summed E-state index contributed by atoms with van der Waals surface area (Å²) >= 11 is 0. The largest absolute Gasteiger partial charge is 0.378 e. The molecule has 1 aliphatic heterocycles. The second-order valence-corrected chi connectivity index (χ2v) is 3.94. The highest BCUT2D eigenvalue weighted by atomic mass is 16.5. The van der Waals surface area contributed by atoms with Gasteiger partial charge in [0.1, 0.15) is 11.5 Å². The van der Waals surface area contributed by atoms with Gasteiger partial charge >= 0.3 is 6.03 Å². The number of aromatic nitrogens is 1. The molecule has 0 bridgehead atoms. The van der Waals surface area contributed by atoms with Gasteiger partial charge in [0, 0.05) is 13.1 Å². The topological polar surface area (TPSA) is 80.5 Å². The Morgan fingerprint density at radius 2 is 2.26 bits per heavy atom. The predicted octanol–water partition coefficient (Wildman–Crippen LogP) is 0.256. The molecule has 100 valence electrons. The van der Waals surface area contributed by atoms with Crippen LogP contribution in [0.5, 0.6) is 0 Å². The molecule has 0 aromatic carbocycles. The molecule has 0 radical (unpaired) electrons. The van der Waals surface area contributed by atoms with Crippen LogP contribution < -0.4 is 11.1 Å². The fourth-order valence-corrected chi connectivity index (χ4v) is 1.67. The number of carbonyl (C=O) groups excluding carboxylic acids is 1. The lowest BCUT2D eigenvalue weighted by Crippen LogP contribution is -2.43. The van der Waals surface area contributed by atoms with E-state index in [0.717, 1.165) is 0 Å². The minimum Gasteiger partial charge on any atom is -0.378 e. The summed E-state index contributed by atoms with van der Waals surface area (Å²) in [6, 6.07) is 5.13. The van der Waals surface area contributed by atoms with E-state index in [-0.39, 0.29) is 12.6 Å². The van der Waals surface area contributed by atoms with Crippen molar-refractivity contribution in [1.82, 2.24) is 9.88 Å². The first kappa shape index (κ1) is 13.3. The van der Waals surface area contributed by atoms with E-state index in [9.17, 15) is 4.79 Å². The Kier molecular flexibility index (Phi) is 4.72. The fourth-order valence-electron chi connectivity index (χ4n) is 1.67. The zero-order valence-electron chi connectivity index (χ0n) is 10.6. The average Bonchev–Trinajstić information content (AvgIpc) is 2.46. The van der Waals surface area contributed by atoms with Crippen LogP contribution in [0.2, 0.25) is 0 Å². The Balaban J connectivity index is 1.99. The number of ether oxygens (including phenoxy) is 1. The third-order valence-corrected chi connectivity index (χ3v) is 2.60. The van der Waals surface area contributed by atoms with Gasteiger partial charge in [-0.1, -0.05) is 12.0 Å². The van der Waals surface area contributed by atoms with Crippen molar-refractivity contribution in [2.45, 2.75) is 0 Å². The Hall–Kier alpha value is -2.10. The van der Waals surface area contributed by atoms with Crippen LogP contribution in [-0.2, 0) is 4.74 Å². The van der Waals surface area contributed by atoms with Gasteiger partial charge in [0.25, 0.3) is 0 Å². The molecule has 0 spiro atoms. The van der Waals surface area contributed by atoms with Crippen LogP contribution in [0.15, 0.2) is 18.2 Å². The zero-order chi connectivity index (χ0) is 13.5. The molecule has 1 aromatic heterocycles. The summed E-state index contributed by atoms with van der Waals surface area (Å²) < 4.78 is 5.20. The van der Waals surface area contributed by atoms with E-state index >= 15 is 0 Å². The molecular weight excluding hydrogens is 244 g/mol. The van der Waals surface area contributed by atoms with E-state index in [1.165, 1.54) is 0 Å². The van der Waals surface area contributed by atoms with Crippen LogP contribution in [-0.4, -0.2) is 48.8 Å². The second kappa shape index (κ2) is 6.73. The molecule has 2 heterocycles. The number of urea groups is 1. The first-order valence-electron chi connectivity index (χ1n) is 6.09. The number of morpholine rings is 1. The molecule has 6 heteroatoms. The first-order valence-corrected chi connectivity index (χ1v) is 6.09. The second-order valence-electron chi connectivity index (χ2n) is 3.94. The van der Waals surface area contributed by atoms with Gasteiger partial charge < -0.3 is 15.4 Å². The summed E-state index contributed by atoms with van der Waals surface area (Å²) in [6.45, 7) is 2.62. The maximum atomic E-state index is 12.0. The summed E-state index contributed by atoms with van der Waals surface area (Å²) in [7, 11) is 0. The lowest BCUT2D eigenvalue weighted by molar-refractivity contribution is 0.0564. The number of nitrogens with one attached hydrogen (secondary N) is 1. The van der Waals surface area contributed by atoms with Gasteiger partial charge in [0.05, 0.1) is 19.8 Å². The van der Waals surface area contributed by atoms with Crippen molar-refractivity contribution in [2.24, 2.45) is 5.73 Å². The maximum absolute atomic E-state index is 12.0. The highest BCUT2D eigenvalue weighted by Crippen LogP contribution is 2.06. The van der Waals surface area contributed by atoms with E-state index < -0.39 is 0 Å². The van der Waals surface area contributed by atoms with Crippen molar-refractivity contribution >= 4 is 11.8 Å². The Bertz CT molecular complexity index is 501. The molecule has 1 aliphatic rings. The molecule has 0 aliphatic carbocycles. The summed E-state index contributed by atoms with van der Waals surface area (Å²) in [6.07, 6.45) is 0.